The number of hydrogen-bond acceptors (Lipinski definition) is 2. The molecular weight excluding hydrogens is 295 g/mol. The zero-order chi connectivity index (χ0) is 16.8. The third-order valence-electron chi connectivity index (χ3n) is 4.21. The minimum absolute atomic E-state index is 0.00944. The Morgan fingerprint density at radius 2 is 1.83 bits per heavy atom. The summed E-state index contributed by atoms with van der Waals surface area (Å²) < 4.78 is 12.9. The molecule has 1 saturated heterocycles. The summed E-state index contributed by atoms with van der Waals surface area (Å²) in [4.78, 5) is 25.1. The van der Waals surface area contributed by atoms with E-state index in [1.54, 1.807) is 18.2 Å². The molecule has 0 bridgehead atoms. The highest BCUT2D eigenvalue weighted by Gasteiger charge is 2.21. The molecule has 0 aliphatic carbocycles. The van der Waals surface area contributed by atoms with Crippen molar-refractivity contribution in [1.82, 2.24) is 10.2 Å². The van der Waals surface area contributed by atoms with Crippen LogP contribution in [0.25, 0.3) is 5.57 Å². The van der Waals surface area contributed by atoms with Crippen LogP contribution in [0.3, 0.4) is 0 Å². The van der Waals surface area contributed by atoms with Gasteiger partial charge in [0.15, 0.2) is 0 Å². The molecule has 2 rings (SSSR count). The molecule has 0 radical (unpaired) electrons. The van der Waals surface area contributed by atoms with Crippen LogP contribution in [0.2, 0.25) is 0 Å². The molecule has 1 aromatic carbocycles. The van der Waals surface area contributed by atoms with Crippen molar-refractivity contribution in [1.29, 1.82) is 0 Å². The van der Waals surface area contributed by atoms with Gasteiger partial charge in [-0.05, 0) is 49.0 Å². The monoisotopic (exact) mass is 318 g/mol. The molecule has 4 nitrogen and oxygen atoms in total. The molecule has 5 heteroatoms. The Morgan fingerprint density at radius 3 is 2.39 bits per heavy atom. The van der Waals surface area contributed by atoms with E-state index in [1.165, 1.54) is 19.1 Å². The molecule has 1 heterocycles. The van der Waals surface area contributed by atoms with Crippen molar-refractivity contribution in [3.63, 3.8) is 0 Å². The summed E-state index contributed by atoms with van der Waals surface area (Å²) >= 11 is 0. The van der Waals surface area contributed by atoms with Crippen LogP contribution in [-0.4, -0.2) is 36.3 Å². The van der Waals surface area contributed by atoms with Crippen LogP contribution in [0.4, 0.5) is 4.39 Å². The zero-order valence-corrected chi connectivity index (χ0v) is 13.6. The highest BCUT2D eigenvalue weighted by molar-refractivity contribution is 5.94. The fourth-order valence-electron chi connectivity index (χ4n) is 2.72. The summed E-state index contributed by atoms with van der Waals surface area (Å²) in [6.45, 7) is 5.46. The van der Waals surface area contributed by atoms with Gasteiger partial charge < -0.3 is 10.2 Å². The topological polar surface area (TPSA) is 49.4 Å². The van der Waals surface area contributed by atoms with Gasteiger partial charge in [0.25, 0.3) is 0 Å². The van der Waals surface area contributed by atoms with Crippen LogP contribution in [0.15, 0.2) is 30.3 Å². The first-order valence-electron chi connectivity index (χ1n) is 7.93. The SMILES string of the molecule is CC(=O)NCC1CCN(C(=O)/C=C(/C)c2ccc(F)cc2)CC1. The number of hydrogen-bond donors (Lipinski definition) is 1. The van der Waals surface area contributed by atoms with E-state index in [1.807, 2.05) is 11.8 Å². The van der Waals surface area contributed by atoms with Gasteiger partial charge in [-0.3, -0.25) is 9.59 Å². The predicted molar refractivity (Wildman–Crippen MR) is 88.0 cm³/mol. The van der Waals surface area contributed by atoms with Crippen LogP contribution in [0, 0.1) is 11.7 Å². The van der Waals surface area contributed by atoms with Gasteiger partial charge in [-0.15, -0.1) is 0 Å². The second kappa shape index (κ2) is 7.90. The van der Waals surface area contributed by atoms with Crippen molar-refractivity contribution in [2.45, 2.75) is 26.7 Å². The Kier molecular flexibility index (Phi) is 5.90. The molecule has 0 aromatic heterocycles. The summed E-state index contributed by atoms with van der Waals surface area (Å²) in [7, 11) is 0. The quantitative estimate of drug-likeness (QED) is 0.868. The fourth-order valence-corrected chi connectivity index (χ4v) is 2.72. The lowest BCUT2D eigenvalue weighted by Crippen LogP contribution is -2.40. The number of carbonyl (C=O) groups is 2. The van der Waals surface area contributed by atoms with Gasteiger partial charge in [0.2, 0.25) is 11.8 Å². The van der Waals surface area contributed by atoms with Gasteiger partial charge in [0.05, 0.1) is 0 Å². The van der Waals surface area contributed by atoms with E-state index in [0.29, 0.717) is 25.6 Å². The number of allylic oxidation sites excluding steroid dienone is 1. The zero-order valence-electron chi connectivity index (χ0n) is 13.6. The van der Waals surface area contributed by atoms with Crippen molar-refractivity contribution in [2.75, 3.05) is 19.6 Å². The fraction of sp³-hybridized carbons (Fsp3) is 0.444. The molecular formula is C18H23FN2O2. The molecule has 1 aliphatic heterocycles. The standard InChI is InChI=1S/C18H23FN2O2/c1-13(16-3-5-17(19)6-4-16)11-18(23)21-9-7-15(8-10-21)12-20-14(2)22/h3-6,11,15H,7-10,12H2,1-2H3,(H,20,22)/b13-11-. The molecule has 1 aliphatic rings. The Labute approximate surface area is 136 Å². The molecule has 1 fully saturated rings. The minimum Gasteiger partial charge on any atom is -0.356 e. The number of piperidine rings is 1. The smallest absolute Gasteiger partial charge is 0.246 e. The van der Waals surface area contributed by atoms with E-state index < -0.39 is 0 Å². The third kappa shape index (κ3) is 5.20. The third-order valence-corrected chi connectivity index (χ3v) is 4.21. The largest absolute Gasteiger partial charge is 0.356 e. The maximum Gasteiger partial charge on any atom is 0.246 e. The summed E-state index contributed by atoms with van der Waals surface area (Å²) in [5.41, 5.74) is 1.68. The lowest BCUT2D eigenvalue weighted by atomic mass is 9.96. The number of nitrogens with one attached hydrogen (secondary N) is 1. The molecule has 0 spiro atoms. The van der Waals surface area contributed by atoms with Gasteiger partial charge in [0.1, 0.15) is 5.82 Å². The van der Waals surface area contributed by atoms with Gasteiger partial charge in [-0.1, -0.05) is 12.1 Å². The number of carbonyl (C=O) groups excluding carboxylic acids is 2. The molecule has 124 valence electrons. The van der Waals surface area contributed by atoms with Crippen LogP contribution in [0.1, 0.15) is 32.3 Å². The lowest BCUT2D eigenvalue weighted by molar-refractivity contribution is -0.127. The Balaban J connectivity index is 1.88. The normalized spacial score (nSPS) is 16.3. The second-order valence-electron chi connectivity index (χ2n) is 6.04. The molecule has 0 saturated carbocycles. The van der Waals surface area contributed by atoms with Crippen LogP contribution < -0.4 is 5.32 Å². The van der Waals surface area contributed by atoms with E-state index in [0.717, 1.165) is 24.0 Å². The molecule has 0 atom stereocenters. The number of likely N-dealkylation sites (tertiary alicyclic amines) is 1. The first-order valence-corrected chi connectivity index (χ1v) is 7.93. The first kappa shape index (κ1) is 17.2. The molecule has 0 unspecified atom stereocenters. The van der Waals surface area contributed by atoms with Crippen molar-refractivity contribution < 1.29 is 14.0 Å². The van der Waals surface area contributed by atoms with Crippen LogP contribution in [-0.2, 0) is 9.59 Å². The molecule has 1 aromatic rings. The molecule has 2 amide bonds. The lowest BCUT2D eigenvalue weighted by Gasteiger charge is -2.31. The van der Waals surface area contributed by atoms with Gasteiger partial charge in [-0.25, -0.2) is 4.39 Å². The predicted octanol–water partition coefficient (Wildman–Crippen LogP) is 2.60. The highest BCUT2D eigenvalue weighted by atomic mass is 19.1. The number of rotatable bonds is 4. The Bertz CT molecular complexity index is 588. The Hall–Kier alpha value is -2.17. The maximum atomic E-state index is 12.9. The van der Waals surface area contributed by atoms with Gasteiger partial charge >= 0.3 is 0 Å². The minimum atomic E-state index is -0.283. The van der Waals surface area contributed by atoms with Gasteiger partial charge in [-0.2, -0.15) is 0 Å². The second-order valence-corrected chi connectivity index (χ2v) is 6.04. The van der Waals surface area contributed by atoms with Crippen molar-refractivity contribution >= 4 is 17.4 Å². The van der Waals surface area contributed by atoms with E-state index in [-0.39, 0.29) is 17.6 Å². The summed E-state index contributed by atoms with van der Waals surface area (Å²) in [6, 6.07) is 6.14. The number of amides is 2. The van der Waals surface area contributed by atoms with E-state index in [2.05, 4.69) is 5.32 Å². The van der Waals surface area contributed by atoms with Crippen LogP contribution >= 0.6 is 0 Å². The van der Waals surface area contributed by atoms with E-state index in [9.17, 15) is 14.0 Å². The maximum absolute atomic E-state index is 12.9. The summed E-state index contributed by atoms with van der Waals surface area (Å²) in [5, 5.41) is 2.83. The number of nitrogens with zero attached hydrogens (tertiary/aromatic N) is 1. The number of halogens is 1. The summed E-state index contributed by atoms with van der Waals surface area (Å²) in [5.74, 6) is 0.130. The van der Waals surface area contributed by atoms with Gasteiger partial charge in [0, 0.05) is 32.6 Å². The number of benzene rings is 1. The van der Waals surface area contributed by atoms with Crippen molar-refractivity contribution in [3.8, 4) is 0 Å². The summed E-state index contributed by atoms with van der Waals surface area (Å²) in [6.07, 6.45) is 3.41. The van der Waals surface area contributed by atoms with Crippen molar-refractivity contribution in [2.24, 2.45) is 5.92 Å². The average molecular weight is 318 g/mol. The Morgan fingerprint density at radius 1 is 1.22 bits per heavy atom. The first-order chi connectivity index (χ1) is 11.0. The van der Waals surface area contributed by atoms with E-state index in [4.69, 9.17) is 0 Å². The average Bonchev–Trinajstić information content (AvgIpc) is 2.54. The molecule has 1 N–H and O–H groups in total. The molecule has 23 heavy (non-hydrogen) atoms. The van der Waals surface area contributed by atoms with Crippen molar-refractivity contribution in [3.05, 3.63) is 41.7 Å². The highest BCUT2D eigenvalue weighted by Crippen LogP contribution is 2.19. The van der Waals surface area contributed by atoms with Crippen LogP contribution in [0.5, 0.6) is 0 Å². The van der Waals surface area contributed by atoms with E-state index >= 15 is 0 Å².